The van der Waals surface area contributed by atoms with Crippen LogP contribution in [0.5, 0.6) is 5.75 Å². The van der Waals surface area contributed by atoms with Crippen molar-refractivity contribution in [3.05, 3.63) is 76.4 Å². The molecule has 0 radical (unpaired) electrons. The van der Waals surface area contributed by atoms with E-state index in [1.165, 1.54) is 18.2 Å². The highest BCUT2D eigenvalue weighted by Crippen LogP contribution is 2.31. The van der Waals surface area contributed by atoms with Gasteiger partial charge in [-0.25, -0.2) is 4.39 Å². The molecule has 3 aromatic rings. The van der Waals surface area contributed by atoms with Crippen molar-refractivity contribution in [3.63, 3.8) is 0 Å². The first kappa shape index (κ1) is 23.4. The lowest BCUT2D eigenvalue weighted by molar-refractivity contribution is -0.119. The monoisotopic (exact) mass is 481 g/mol. The number of methoxy groups -OCH3 is 1. The number of rotatable bonds is 6. The number of amides is 3. The van der Waals surface area contributed by atoms with Crippen LogP contribution < -0.4 is 15.4 Å². The smallest absolute Gasteiger partial charge is 0.264 e. The van der Waals surface area contributed by atoms with Gasteiger partial charge in [0.05, 0.1) is 17.0 Å². The number of halogens is 1. The van der Waals surface area contributed by atoms with Crippen LogP contribution in [0.3, 0.4) is 0 Å². The number of aryl methyl sites for hydroxylation is 1. The predicted octanol–water partition coefficient (Wildman–Crippen LogP) is 4.70. The molecule has 9 heteroatoms. The van der Waals surface area contributed by atoms with Crippen molar-refractivity contribution in [1.82, 2.24) is 4.90 Å². The Labute approximate surface area is 200 Å². The fourth-order valence-electron chi connectivity index (χ4n) is 3.88. The number of likely N-dealkylation sites (tertiary alicyclic amines) is 1. The number of hydrogen-bond donors (Lipinski definition) is 2. The minimum Gasteiger partial charge on any atom is -0.497 e. The maximum absolute atomic E-state index is 13.4. The first-order valence-corrected chi connectivity index (χ1v) is 11.6. The Kier molecular flexibility index (Phi) is 6.93. The molecule has 7 nitrogen and oxygen atoms in total. The molecule has 34 heavy (non-hydrogen) atoms. The third-order valence-corrected chi connectivity index (χ3v) is 6.75. The highest BCUT2D eigenvalue weighted by atomic mass is 32.1. The molecule has 1 saturated heterocycles. The zero-order valence-corrected chi connectivity index (χ0v) is 19.6. The fourth-order valence-corrected chi connectivity index (χ4v) is 4.91. The second-order valence-electron chi connectivity index (χ2n) is 7.96. The molecule has 0 saturated carbocycles. The van der Waals surface area contributed by atoms with Crippen LogP contribution in [-0.2, 0) is 4.79 Å². The molecule has 0 spiro atoms. The quantitative estimate of drug-likeness (QED) is 0.534. The lowest BCUT2D eigenvalue weighted by atomic mass is 10.2. The Morgan fingerprint density at radius 3 is 2.56 bits per heavy atom. The van der Waals surface area contributed by atoms with Crippen LogP contribution in [0.15, 0.2) is 54.6 Å². The van der Waals surface area contributed by atoms with Crippen LogP contribution in [0.1, 0.15) is 38.4 Å². The summed E-state index contributed by atoms with van der Waals surface area (Å²) in [6, 6.07) is 13.5. The minimum atomic E-state index is -0.582. The van der Waals surface area contributed by atoms with Crippen molar-refractivity contribution >= 4 is 39.7 Å². The number of benzene rings is 2. The van der Waals surface area contributed by atoms with Crippen molar-refractivity contribution in [2.45, 2.75) is 25.8 Å². The highest BCUT2D eigenvalue weighted by molar-refractivity contribution is 7.18. The second-order valence-corrected chi connectivity index (χ2v) is 9.01. The molecule has 1 fully saturated rings. The lowest BCUT2D eigenvalue weighted by Gasteiger charge is -2.23. The second kappa shape index (κ2) is 10.0. The molecule has 1 aromatic heterocycles. The van der Waals surface area contributed by atoms with E-state index in [0.29, 0.717) is 39.8 Å². The summed E-state index contributed by atoms with van der Waals surface area (Å²) in [4.78, 5) is 40.7. The maximum atomic E-state index is 13.4. The number of thiophene rings is 1. The number of nitrogens with zero attached hydrogens (tertiary/aromatic N) is 1. The number of ether oxygens (including phenoxy) is 1. The van der Waals surface area contributed by atoms with Crippen molar-refractivity contribution in [1.29, 1.82) is 0 Å². The van der Waals surface area contributed by atoms with E-state index in [2.05, 4.69) is 10.6 Å². The van der Waals surface area contributed by atoms with Crippen molar-refractivity contribution in [2.75, 3.05) is 24.3 Å². The molecule has 1 unspecified atom stereocenters. The van der Waals surface area contributed by atoms with E-state index in [4.69, 9.17) is 4.74 Å². The summed E-state index contributed by atoms with van der Waals surface area (Å²) < 4.78 is 18.6. The van der Waals surface area contributed by atoms with Gasteiger partial charge in [-0.05, 0) is 73.9 Å². The SMILES string of the molecule is COc1ccc(NC(=O)C2CCCN2C(=O)c2sc(NC(=O)c3cccc(F)c3)cc2C)cc1. The van der Waals surface area contributed by atoms with E-state index in [1.807, 2.05) is 0 Å². The van der Waals surface area contributed by atoms with Gasteiger partial charge in [0.2, 0.25) is 5.91 Å². The molecule has 4 rings (SSSR count). The molecule has 1 aliphatic rings. The van der Waals surface area contributed by atoms with Gasteiger partial charge in [-0.15, -0.1) is 11.3 Å². The number of hydrogen-bond acceptors (Lipinski definition) is 5. The highest BCUT2D eigenvalue weighted by Gasteiger charge is 2.35. The Bertz CT molecular complexity index is 1230. The van der Waals surface area contributed by atoms with Gasteiger partial charge in [0, 0.05) is 17.8 Å². The van der Waals surface area contributed by atoms with E-state index in [9.17, 15) is 18.8 Å². The van der Waals surface area contributed by atoms with Crippen LogP contribution in [0.25, 0.3) is 0 Å². The van der Waals surface area contributed by atoms with E-state index >= 15 is 0 Å². The normalized spacial score (nSPS) is 15.1. The zero-order valence-electron chi connectivity index (χ0n) is 18.8. The summed E-state index contributed by atoms with van der Waals surface area (Å²) in [5.74, 6) is -0.772. The van der Waals surface area contributed by atoms with Crippen LogP contribution in [0.2, 0.25) is 0 Å². The number of anilines is 2. The molecule has 3 amide bonds. The summed E-state index contributed by atoms with van der Waals surface area (Å²) >= 11 is 1.14. The van der Waals surface area contributed by atoms with Crippen LogP contribution in [-0.4, -0.2) is 42.3 Å². The van der Waals surface area contributed by atoms with Gasteiger partial charge in [-0.3, -0.25) is 14.4 Å². The molecule has 2 N–H and O–H groups in total. The lowest BCUT2D eigenvalue weighted by Crippen LogP contribution is -2.43. The van der Waals surface area contributed by atoms with Crippen molar-refractivity contribution in [2.24, 2.45) is 0 Å². The number of carbonyl (C=O) groups is 3. The van der Waals surface area contributed by atoms with Gasteiger partial charge in [-0.2, -0.15) is 0 Å². The van der Waals surface area contributed by atoms with Gasteiger partial charge < -0.3 is 20.3 Å². The van der Waals surface area contributed by atoms with Gasteiger partial charge in [-0.1, -0.05) is 6.07 Å². The summed E-state index contributed by atoms with van der Waals surface area (Å²) in [6.07, 6.45) is 1.29. The van der Waals surface area contributed by atoms with Gasteiger partial charge in [0.25, 0.3) is 11.8 Å². The average molecular weight is 482 g/mol. The Morgan fingerprint density at radius 2 is 1.85 bits per heavy atom. The molecule has 0 bridgehead atoms. The third-order valence-electron chi connectivity index (χ3n) is 5.61. The van der Waals surface area contributed by atoms with Gasteiger partial charge in [0.1, 0.15) is 17.6 Å². The topological polar surface area (TPSA) is 87.7 Å². The number of nitrogens with one attached hydrogen (secondary N) is 2. The van der Waals surface area contributed by atoms with E-state index in [0.717, 1.165) is 23.8 Å². The Balaban J connectivity index is 1.45. The van der Waals surface area contributed by atoms with Crippen LogP contribution in [0.4, 0.5) is 15.1 Å². The molecule has 176 valence electrons. The Morgan fingerprint density at radius 1 is 1.09 bits per heavy atom. The van der Waals surface area contributed by atoms with E-state index in [-0.39, 0.29) is 17.4 Å². The largest absolute Gasteiger partial charge is 0.497 e. The van der Waals surface area contributed by atoms with Crippen molar-refractivity contribution in [3.8, 4) is 5.75 Å². The minimum absolute atomic E-state index is 0.189. The fraction of sp³-hybridized carbons (Fsp3) is 0.240. The zero-order chi connectivity index (χ0) is 24.2. The molecular formula is C25H24FN3O4S. The molecule has 2 aromatic carbocycles. The van der Waals surface area contributed by atoms with Gasteiger partial charge in [0.15, 0.2) is 0 Å². The summed E-state index contributed by atoms with van der Waals surface area (Å²) in [5.41, 5.74) is 1.51. The third kappa shape index (κ3) is 5.09. The molecule has 1 atom stereocenters. The maximum Gasteiger partial charge on any atom is 0.264 e. The molecule has 2 heterocycles. The average Bonchev–Trinajstić information content (AvgIpc) is 3.46. The van der Waals surface area contributed by atoms with E-state index in [1.54, 1.807) is 49.3 Å². The van der Waals surface area contributed by atoms with Gasteiger partial charge >= 0.3 is 0 Å². The first-order chi connectivity index (χ1) is 16.4. The molecular weight excluding hydrogens is 457 g/mol. The standard InChI is InChI=1S/C25H24FN3O4S/c1-15-13-21(28-23(30)16-5-3-6-17(26)14-16)34-22(15)25(32)29-12-4-7-20(29)24(31)27-18-8-10-19(33-2)11-9-18/h3,5-6,8-11,13-14,20H,4,7,12H2,1-2H3,(H,27,31)(H,28,30). The van der Waals surface area contributed by atoms with Crippen LogP contribution >= 0.6 is 11.3 Å². The summed E-state index contributed by atoms with van der Waals surface area (Å²) in [6.45, 7) is 2.26. The van der Waals surface area contributed by atoms with Crippen LogP contribution in [0, 0.1) is 12.7 Å². The summed E-state index contributed by atoms with van der Waals surface area (Å²) in [7, 11) is 1.57. The van der Waals surface area contributed by atoms with E-state index < -0.39 is 17.8 Å². The number of carbonyl (C=O) groups excluding carboxylic acids is 3. The van der Waals surface area contributed by atoms with Crippen molar-refractivity contribution < 1.29 is 23.5 Å². The molecule has 0 aliphatic carbocycles. The molecule has 1 aliphatic heterocycles. The first-order valence-electron chi connectivity index (χ1n) is 10.8. The summed E-state index contributed by atoms with van der Waals surface area (Å²) in [5, 5.41) is 6.07. The predicted molar refractivity (Wildman–Crippen MR) is 129 cm³/mol. The Hall–Kier alpha value is -3.72.